The molecule has 153 valence electrons. The van der Waals surface area contributed by atoms with Crippen LogP contribution >= 0.6 is 0 Å². The molecule has 2 aliphatic rings. The van der Waals surface area contributed by atoms with E-state index in [2.05, 4.69) is 5.32 Å². The molecule has 0 saturated heterocycles. The van der Waals surface area contributed by atoms with E-state index in [9.17, 15) is 19.2 Å². The van der Waals surface area contributed by atoms with E-state index in [-0.39, 0.29) is 50.6 Å². The molecule has 2 aromatic carbocycles. The molecule has 0 saturated carbocycles. The standard InChI is InChI=1S/C20H16N2O4.C3H7.Y/c1-10(2)22-19(25)14-6-4-12(9-16(14)20(22)26)7-11-3-5-13-15(8-11)18(24)21-17(13)23;1-3-2;/h3-6,8-10H,7H2,1-2H3,(H,21,23,24);3H,1-2H3;/q;-1;/p-1. The minimum atomic E-state index is -0.519. The van der Waals surface area contributed by atoms with Crippen molar-refractivity contribution in [3.63, 3.8) is 0 Å². The van der Waals surface area contributed by atoms with Crippen LogP contribution in [0.3, 0.4) is 0 Å². The fraction of sp³-hybridized carbons (Fsp3) is 0.261. The predicted octanol–water partition coefficient (Wildman–Crippen LogP) is 4.18. The van der Waals surface area contributed by atoms with Crippen LogP contribution in [0.1, 0.15) is 80.3 Å². The molecular weight excluding hydrogens is 457 g/mol. The van der Waals surface area contributed by atoms with Crippen LogP contribution in [0.5, 0.6) is 0 Å². The Morgan fingerprint density at radius 1 is 0.800 bits per heavy atom. The molecule has 6 nitrogen and oxygen atoms in total. The van der Waals surface area contributed by atoms with Gasteiger partial charge in [0.2, 0.25) is 0 Å². The third-order valence-corrected chi connectivity index (χ3v) is 4.65. The van der Waals surface area contributed by atoms with Crippen LogP contribution in [0.15, 0.2) is 36.4 Å². The largest absolute Gasteiger partial charge is 0.587 e. The van der Waals surface area contributed by atoms with Crippen molar-refractivity contribution in [1.29, 1.82) is 0 Å². The zero-order valence-corrected chi connectivity index (χ0v) is 20.3. The maximum atomic E-state index is 12.5. The molecule has 0 aromatic heterocycles. The van der Waals surface area contributed by atoms with Gasteiger partial charge in [0.1, 0.15) is 0 Å². The molecule has 1 radical (unpaired) electrons. The number of nitrogens with zero attached hydrogens (tertiary/aromatic N) is 2. The third-order valence-electron chi connectivity index (χ3n) is 4.65. The Kier molecular flexibility index (Phi) is 7.83. The summed E-state index contributed by atoms with van der Waals surface area (Å²) in [6.45, 7) is 7.60. The number of hydrogen-bond donors (Lipinski definition) is 0. The first-order chi connectivity index (χ1) is 13.8. The molecule has 0 aliphatic carbocycles. The van der Waals surface area contributed by atoms with E-state index >= 15 is 0 Å². The first-order valence-corrected chi connectivity index (χ1v) is 9.46. The van der Waals surface area contributed by atoms with Gasteiger partial charge in [0.05, 0.1) is 22.9 Å². The van der Waals surface area contributed by atoms with E-state index in [4.69, 9.17) is 0 Å². The number of benzene rings is 2. The monoisotopic (exact) mass is 479 g/mol. The first kappa shape index (κ1) is 24.1. The first-order valence-electron chi connectivity index (χ1n) is 9.46. The van der Waals surface area contributed by atoms with Gasteiger partial charge in [0.25, 0.3) is 11.8 Å². The molecule has 2 heterocycles. The number of carbonyl (C=O) groups is 4. The second-order valence-electron chi connectivity index (χ2n) is 7.31. The molecular formula is C23H22N2O4Y-2. The Bertz CT molecular complexity index is 1030. The van der Waals surface area contributed by atoms with Crippen LogP contribution < -0.4 is 0 Å². The van der Waals surface area contributed by atoms with Crippen LogP contribution in [-0.4, -0.2) is 34.6 Å². The summed E-state index contributed by atoms with van der Waals surface area (Å²) in [5, 5.41) is 3.43. The van der Waals surface area contributed by atoms with Gasteiger partial charge in [-0.2, -0.15) is 13.8 Å². The minimum absolute atomic E-state index is 0. The molecule has 2 aromatic rings. The molecule has 4 amide bonds. The van der Waals surface area contributed by atoms with Gasteiger partial charge < -0.3 is 21.3 Å². The van der Waals surface area contributed by atoms with Crippen LogP contribution in [0.4, 0.5) is 0 Å². The zero-order chi connectivity index (χ0) is 21.3. The molecule has 2 aliphatic heterocycles. The summed E-state index contributed by atoms with van der Waals surface area (Å²) in [5.74, 6) is -1.58. The molecule has 0 spiro atoms. The average Bonchev–Trinajstić information content (AvgIpc) is 3.09. The number of imide groups is 2. The Balaban J connectivity index is 0.000000757. The van der Waals surface area contributed by atoms with Gasteiger partial charge >= 0.3 is 0 Å². The summed E-state index contributed by atoms with van der Waals surface area (Å²) >= 11 is 0. The van der Waals surface area contributed by atoms with Crippen LogP contribution in [0.25, 0.3) is 5.32 Å². The van der Waals surface area contributed by atoms with E-state index in [1.807, 2.05) is 20.3 Å². The van der Waals surface area contributed by atoms with Crippen LogP contribution in [0, 0.1) is 6.42 Å². The van der Waals surface area contributed by atoms with E-state index in [1.165, 1.54) is 4.90 Å². The van der Waals surface area contributed by atoms with Crippen LogP contribution in [0.2, 0.25) is 0 Å². The van der Waals surface area contributed by atoms with Crippen molar-refractivity contribution in [2.45, 2.75) is 40.2 Å². The number of hydrogen-bond acceptors (Lipinski definition) is 4. The van der Waals surface area contributed by atoms with Gasteiger partial charge in [-0.3, -0.25) is 14.5 Å². The second-order valence-corrected chi connectivity index (χ2v) is 7.31. The van der Waals surface area contributed by atoms with Crippen molar-refractivity contribution >= 4 is 23.6 Å². The topological polar surface area (TPSA) is 85.6 Å². The Hall–Kier alpha value is -2.18. The van der Waals surface area contributed by atoms with Gasteiger partial charge in [-0.1, -0.05) is 18.2 Å². The van der Waals surface area contributed by atoms with Gasteiger partial charge in [-0.15, -0.1) is 0 Å². The van der Waals surface area contributed by atoms with E-state index in [0.29, 0.717) is 28.7 Å². The number of rotatable bonds is 3. The fourth-order valence-corrected chi connectivity index (χ4v) is 3.40. The molecule has 7 heteroatoms. The minimum Gasteiger partial charge on any atom is -0.587 e. The van der Waals surface area contributed by atoms with Crippen molar-refractivity contribution < 1.29 is 51.9 Å². The molecule has 4 rings (SSSR count). The summed E-state index contributed by atoms with van der Waals surface area (Å²) in [5.41, 5.74) is 3.14. The summed E-state index contributed by atoms with van der Waals surface area (Å²) in [4.78, 5) is 49.4. The van der Waals surface area contributed by atoms with Gasteiger partial charge in [0.15, 0.2) is 0 Å². The quantitative estimate of drug-likeness (QED) is 0.489. The van der Waals surface area contributed by atoms with Gasteiger partial charge in [-0.25, -0.2) is 0 Å². The van der Waals surface area contributed by atoms with Crippen molar-refractivity contribution in [3.8, 4) is 0 Å². The molecule has 0 fully saturated rings. The van der Waals surface area contributed by atoms with Crippen molar-refractivity contribution in [2.75, 3.05) is 0 Å². The second kappa shape index (κ2) is 9.75. The number of carbonyl (C=O) groups excluding carboxylic acids is 4. The Labute approximate surface area is 201 Å². The van der Waals surface area contributed by atoms with E-state index < -0.39 is 11.8 Å². The fourth-order valence-electron chi connectivity index (χ4n) is 3.40. The van der Waals surface area contributed by atoms with Crippen molar-refractivity contribution in [2.24, 2.45) is 0 Å². The molecule has 30 heavy (non-hydrogen) atoms. The molecule has 0 N–H and O–H groups in total. The smallest absolute Gasteiger partial charge is 0.261 e. The van der Waals surface area contributed by atoms with Crippen LogP contribution in [-0.2, 0) is 39.1 Å². The average molecular weight is 479 g/mol. The van der Waals surface area contributed by atoms with E-state index in [0.717, 1.165) is 11.1 Å². The Morgan fingerprint density at radius 3 is 1.83 bits per heavy atom. The zero-order valence-electron chi connectivity index (χ0n) is 17.4. The Morgan fingerprint density at radius 2 is 1.27 bits per heavy atom. The van der Waals surface area contributed by atoms with E-state index in [1.54, 1.807) is 50.2 Å². The molecule has 0 atom stereocenters. The third kappa shape index (κ3) is 4.45. The normalized spacial score (nSPS) is 14.1. The summed E-state index contributed by atoms with van der Waals surface area (Å²) < 4.78 is 0. The molecule has 0 unspecified atom stereocenters. The number of fused-ring (bicyclic) bond motifs is 2. The van der Waals surface area contributed by atoms with Gasteiger partial charge in [-0.05, 0) is 49.6 Å². The SMILES string of the molecule is CC(C)N1C(=O)c2ccc(Cc3ccc4c(c3)C(=O)[N-]C4=O)cc2C1=O.C[CH-]C.[Y]. The maximum Gasteiger partial charge on any atom is 0.261 e. The summed E-state index contributed by atoms with van der Waals surface area (Å²) in [6, 6.07) is 10.0. The maximum absolute atomic E-state index is 12.5. The predicted molar refractivity (Wildman–Crippen MR) is 109 cm³/mol. The van der Waals surface area contributed by atoms with Gasteiger partial charge in [0, 0.05) is 49.9 Å². The summed E-state index contributed by atoms with van der Waals surface area (Å²) in [6.07, 6.45) is 2.48. The van der Waals surface area contributed by atoms with Crippen molar-refractivity contribution in [1.82, 2.24) is 4.90 Å². The summed E-state index contributed by atoms with van der Waals surface area (Å²) in [7, 11) is 0. The number of amides is 4. The van der Waals surface area contributed by atoms with Crippen molar-refractivity contribution in [3.05, 3.63) is 81.5 Å². The molecule has 0 bridgehead atoms.